The van der Waals surface area contributed by atoms with Gasteiger partial charge >= 0.3 is 5.97 Å². The average molecular weight is 284 g/mol. The van der Waals surface area contributed by atoms with E-state index >= 15 is 0 Å². The van der Waals surface area contributed by atoms with Gasteiger partial charge in [0.05, 0.1) is 13.2 Å². The molecule has 0 N–H and O–H groups in total. The maximum absolute atomic E-state index is 11.3. The number of allylic oxidation sites excluding steroid dienone is 2. The Kier molecular flexibility index (Phi) is 7.30. The van der Waals surface area contributed by atoms with E-state index in [-0.39, 0.29) is 11.0 Å². The highest BCUT2D eigenvalue weighted by Crippen LogP contribution is 2.36. The zero-order valence-corrected chi connectivity index (χ0v) is 14.4. The van der Waals surface area contributed by atoms with Crippen molar-refractivity contribution in [2.45, 2.75) is 52.8 Å². The Bertz CT molecular complexity index is 349. The summed E-state index contributed by atoms with van der Waals surface area (Å²) in [5, 5.41) is 0.220. The van der Waals surface area contributed by atoms with Crippen molar-refractivity contribution in [1.29, 1.82) is 0 Å². The standard InChI is InChI=1S/C15H28O3Si/c1-8-17-14(16)13(2)11-9-10-12-18-19(6,7)15(3,4)5/h9-11H,8,12H2,1-7H3/b10-9-,13-11-. The Morgan fingerprint density at radius 2 is 1.84 bits per heavy atom. The minimum Gasteiger partial charge on any atom is -0.463 e. The van der Waals surface area contributed by atoms with Crippen molar-refractivity contribution >= 4 is 14.3 Å². The Hall–Kier alpha value is -0.873. The Morgan fingerprint density at radius 3 is 2.32 bits per heavy atom. The summed E-state index contributed by atoms with van der Waals surface area (Å²) in [7, 11) is -1.68. The summed E-state index contributed by atoms with van der Waals surface area (Å²) < 4.78 is 10.9. The number of carbonyl (C=O) groups excluding carboxylic acids is 1. The van der Waals surface area contributed by atoms with E-state index in [1.807, 2.05) is 12.2 Å². The molecule has 0 aliphatic rings. The molecule has 0 atom stereocenters. The fraction of sp³-hybridized carbons (Fsp3) is 0.667. The lowest BCUT2D eigenvalue weighted by atomic mass is 10.2. The first-order valence-corrected chi connectivity index (χ1v) is 9.67. The largest absolute Gasteiger partial charge is 0.463 e. The number of hydrogen-bond donors (Lipinski definition) is 0. The molecule has 0 heterocycles. The third-order valence-electron chi connectivity index (χ3n) is 3.43. The fourth-order valence-electron chi connectivity index (χ4n) is 1.05. The molecule has 19 heavy (non-hydrogen) atoms. The van der Waals surface area contributed by atoms with Gasteiger partial charge in [-0.2, -0.15) is 0 Å². The summed E-state index contributed by atoms with van der Waals surface area (Å²) >= 11 is 0. The Labute approximate surface area is 118 Å². The quantitative estimate of drug-likeness (QED) is 0.319. The van der Waals surface area contributed by atoms with E-state index < -0.39 is 8.32 Å². The van der Waals surface area contributed by atoms with Crippen LogP contribution in [0.25, 0.3) is 0 Å². The predicted octanol–water partition coefficient (Wildman–Crippen LogP) is 4.07. The molecule has 0 amide bonds. The van der Waals surface area contributed by atoms with Gasteiger partial charge in [0.1, 0.15) is 0 Å². The van der Waals surface area contributed by atoms with Crippen LogP contribution in [0.4, 0.5) is 0 Å². The Morgan fingerprint density at radius 1 is 1.26 bits per heavy atom. The van der Waals surface area contributed by atoms with E-state index in [1.54, 1.807) is 19.9 Å². The lowest BCUT2D eigenvalue weighted by Crippen LogP contribution is -2.40. The first kappa shape index (κ1) is 18.1. The van der Waals surface area contributed by atoms with Gasteiger partial charge in [-0.1, -0.05) is 39.0 Å². The summed E-state index contributed by atoms with van der Waals surface area (Å²) in [6.07, 6.45) is 5.54. The zero-order valence-electron chi connectivity index (χ0n) is 13.4. The molecule has 0 bridgehead atoms. The number of ether oxygens (including phenoxy) is 1. The van der Waals surface area contributed by atoms with E-state index in [9.17, 15) is 4.79 Å². The molecule has 0 aliphatic heterocycles. The first-order valence-electron chi connectivity index (χ1n) is 6.76. The van der Waals surface area contributed by atoms with E-state index in [0.29, 0.717) is 18.8 Å². The van der Waals surface area contributed by atoms with Crippen molar-refractivity contribution in [1.82, 2.24) is 0 Å². The average Bonchev–Trinajstić information content (AvgIpc) is 2.26. The third kappa shape index (κ3) is 6.73. The van der Waals surface area contributed by atoms with Crippen LogP contribution in [0.15, 0.2) is 23.8 Å². The highest BCUT2D eigenvalue weighted by molar-refractivity contribution is 6.74. The summed E-state index contributed by atoms with van der Waals surface area (Å²) in [6.45, 7) is 15.6. The SMILES string of the molecule is CCOC(=O)/C(C)=C\C=C/CO[Si](C)(C)C(C)(C)C. The smallest absolute Gasteiger partial charge is 0.333 e. The second-order valence-corrected chi connectivity index (χ2v) is 10.9. The van der Waals surface area contributed by atoms with Crippen molar-refractivity contribution < 1.29 is 14.0 Å². The van der Waals surface area contributed by atoms with Crippen molar-refractivity contribution in [3.8, 4) is 0 Å². The van der Waals surface area contributed by atoms with E-state index in [0.717, 1.165) is 0 Å². The van der Waals surface area contributed by atoms with Crippen LogP contribution in [0.5, 0.6) is 0 Å². The van der Waals surface area contributed by atoms with Crippen LogP contribution in [-0.4, -0.2) is 27.5 Å². The molecule has 3 nitrogen and oxygen atoms in total. The van der Waals surface area contributed by atoms with Crippen LogP contribution >= 0.6 is 0 Å². The van der Waals surface area contributed by atoms with Crippen molar-refractivity contribution in [3.05, 3.63) is 23.8 Å². The number of esters is 1. The second-order valence-electron chi connectivity index (χ2n) is 6.07. The van der Waals surface area contributed by atoms with Gasteiger partial charge in [0.2, 0.25) is 0 Å². The van der Waals surface area contributed by atoms with Gasteiger partial charge in [-0.05, 0) is 32.0 Å². The monoisotopic (exact) mass is 284 g/mol. The van der Waals surface area contributed by atoms with Gasteiger partial charge in [-0.25, -0.2) is 4.79 Å². The minimum absolute atomic E-state index is 0.220. The first-order chi connectivity index (χ1) is 8.62. The van der Waals surface area contributed by atoms with Crippen LogP contribution in [0, 0.1) is 0 Å². The summed E-state index contributed by atoms with van der Waals surface area (Å²) in [5.41, 5.74) is 0.602. The van der Waals surface area contributed by atoms with Crippen LogP contribution in [0.2, 0.25) is 18.1 Å². The van der Waals surface area contributed by atoms with Crippen LogP contribution in [0.1, 0.15) is 34.6 Å². The molecule has 110 valence electrons. The molecule has 0 fully saturated rings. The molecule has 0 aromatic carbocycles. The molecular weight excluding hydrogens is 256 g/mol. The van der Waals surface area contributed by atoms with Gasteiger partial charge in [0.25, 0.3) is 0 Å². The van der Waals surface area contributed by atoms with Crippen molar-refractivity contribution in [3.63, 3.8) is 0 Å². The highest BCUT2D eigenvalue weighted by atomic mass is 28.4. The molecular formula is C15H28O3Si. The molecule has 0 unspecified atom stereocenters. The van der Waals surface area contributed by atoms with E-state index in [4.69, 9.17) is 9.16 Å². The van der Waals surface area contributed by atoms with E-state index in [2.05, 4.69) is 33.9 Å². The molecule has 0 aliphatic carbocycles. The number of hydrogen-bond acceptors (Lipinski definition) is 3. The molecule has 0 aromatic rings. The molecule has 4 heteroatoms. The second kappa shape index (κ2) is 7.65. The summed E-state index contributed by atoms with van der Waals surface area (Å²) in [5.74, 6) is -0.266. The summed E-state index contributed by atoms with van der Waals surface area (Å²) in [6, 6.07) is 0. The van der Waals surface area contributed by atoms with Gasteiger partial charge in [-0.3, -0.25) is 0 Å². The molecule has 0 rings (SSSR count). The third-order valence-corrected chi connectivity index (χ3v) is 7.93. The van der Waals surface area contributed by atoms with Gasteiger partial charge in [-0.15, -0.1) is 0 Å². The minimum atomic E-state index is -1.68. The molecule has 0 radical (unpaired) electrons. The van der Waals surface area contributed by atoms with E-state index in [1.165, 1.54) is 0 Å². The number of rotatable bonds is 6. The van der Waals surface area contributed by atoms with Gasteiger partial charge in [0, 0.05) is 5.57 Å². The maximum Gasteiger partial charge on any atom is 0.333 e. The lowest BCUT2D eigenvalue weighted by Gasteiger charge is -2.35. The number of carbonyl (C=O) groups is 1. The normalized spacial score (nSPS) is 13.9. The highest BCUT2D eigenvalue weighted by Gasteiger charge is 2.36. The topological polar surface area (TPSA) is 35.5 Å². The molecule has 0 spiro atoms. The lowest BCUT2D eigenvalue weighted by molar-refractivity contribution is -0.138. The summed E-state index contributed by atoms with van der Waals surface area (Å²) in [4.78, 5) is 11.3. The molecule has 0 saturated heterocycles. The fourth-order valence-corrected chi connectivity index (χ4v) is 2.00. The van der Waals surface area contributed by atoms with Crippen LogP contribution in [0.3, 0.4) is 0 Å². The van der Waals surface area contributed by atoms with Gasteiger partial charge < -0.3 is 9.16 Å². The zero-order chi connectivity index (χ0) is 15.1. The van der Waals surface area contributed by atoms with Crippen LogP contribution in [-0.2, 0) is 14.0 Å². The van der Waals surface area contributed by atoms with Crippen LogP contribution < -0.4 is 0 Å². The van der Waals surface area contributed by atoms with Gasteiger partial charge in [0.15, 0.2) is 8.32 Å². The molecule has 0 aromatic heterocycles. The molecule has 0 saturated carbocycles. The van der Waals surface area contributed by atoms with Crippen molar-refractivity contribution in [2.24, 2.45) is 0 Å². The van der Waals surface area contributed by atoms with Crippen molar-refractivity contribution in [2.75, 3.05) is 13.2 Å². The predicted molar refractivity (Wildman–Crippen MR) is 82.7 cm³/mol. The Balaban J connectivity index is 4.26. The maximum atomic E-state index is 11.3.